The van der Waals surface area contributed by atoms with Crippen molar-refractivity contribution in [3.8, 4) is 5.69 Å². The summed E-state index contributed by atoms with van der Waals surface area (Å²) in [6.07, 6.45) is 5.80. The number of halogens is 1. The Hall–Kier alpha value is -1.36. The van der Waals surface area contributed by atoms with Gasteiger partial charge >= 0.3 is 0 Å². The van der Waals surface area contributed by atoms with Crippen LogP contribution in [-0.4, -0.2) is 29.8 Å². The number of para-hydroxylation sites is 1. The molecule has 2 rings (SSSR count). The molecular formula is C16H22ClN3O. The number of aryl methyl sites for hydroxylation is 1. The second-order valence-electron chi connectivity index (χ2n) is 4.88. The van der Waals surface area contributed by atoms with Crippen molar-refractivity contribution in [1.29, 1.82) is 0 Å². The van der Waals surface area contributed by atoms with Crippen LogP contribution in [0.15, 0.2) is 30.6 Å². The molecule has 4 nitrogen and oxygen atoms in total. The molecule has 1 aromatic heterocycles. The van der Waals surface area contributed by atoms with Gasteiger partial charge < -0.3 is 14.6 Å². The number of nitrogens with one attached hydrogen (secondary N) is 1. The molecule has 0 fully saturated rings. The van der Waals surface area contributed by atoms with Gasteiger partial charge in [-0.2, -0.15) is 0 Å². The minimum absolute atomic E-state index is 0.696. The van der Waals surface area contributed by atoms with E-state index in [1.807, 2.05) is 24.5 Å². The van der Waals surface area contributed by atoms with Crippen LogP contribution in [0.2, 0.25) is 5.02 Å². The van der Waals surface area contributed by atoms with Gasteiger partial charge in [-0.1, -0.05) is 30.7 Å². The SMILES string of the molecule is CCCc1nccn1-c1c(Cl)cccc1CNCCOC. The van der Waals surface area contributed by atoms with E-state index in [-0.39, 0.29) is 0 Å². The molecule has 21 heavy (non-hydrogen) atoms. The highest BCUT2D eigenvalue weighted by atomic mass is 35.5. The minimum atomic E-state index is 0.696. The molecular weight excluding hydrogens is 286 g/mol. The summed E-state index contributed by atoms with van der Waals surface area (Å²) in [6, 6.07) is 6.00. The average molecular weight is 308 g/mol. The van der Waals surface area contributed by atoms with Gasteiger partial charge in [0.05, 0.1) is 17.3 Å². The van der Waals surface area contributed by atoms with E-state index in [9.17, 15) is 0 Å². The van der Waals surface area contributed by atoms with E-state index < -0.39 is 0 Å². The molecule has 114 valence electrons. The largest absolute Gasteiger partial charge is 0.383 e. The minimum Gasteiger partial charge on any atom is -0.383 e. The van der Waals surface area contributed by atoms with E-state index in [0.717, 1.165) is 48.0 Å². The van der Waals surface area contributed by atoms with Crippen LogP contribution in [0.3, 0.4) is 0 Å². The van der Waals surface area contributed by atoms with Crippen molar-refractivity contribution in [2.24, 2.45) is 0 Å². The van der Waals surface area contributed by atoms with Crippen molar-refractivity contribution in [1.82, 2.24) is 14.9 Å². The quantitative estimate of drug-likeness (QED) is 0.761. The Morgan fingerprint density at radius 2 is 2.24 bits per heavy atom. The molecule has 5 heteroatoms. The lowest BCUT2D eigenvalue weighted by molar-refractivity contribution is 0.199. The van der Waals surface area contributed by atoms with Crippen molar-refractivity contribution < 1.29 is 4.74 Å². The molecule has 0 bridgehead atoms. The van der Waals surface area contributed by atoms with Gasteiger partial charge in [-0.15, -0.1) is 0 Å². The van der Waals surface area contributed by atoms with Gasteiger partial charge in [0.1, 0.15) is 5.82 Å². The van der Waals surface area contributed by atoms with Gasteiger partial charge in [-0.25, -0.2) is 4.98 Å². The first-order chi connectivity index (χ1) is 10.3. The summed E-state index contributed by atoms with van der Waals surface area (Å²) >= 11 is 6.43. The van der Waals surface area contributed by atoms with E-state index in [1.54, 1.807) is 7.11 Å². The van der Waals surface area contributed by atoms with Gasteiger partial charge in [-0.05, 0) is 18.1 Å². The molecule has 0 aliphatic heterocycles. The third-order valence-electron chi connectivity index (χ3n) is 3.30. The van der Waals surface area contributed by atoms with Crippen molar-refractivity contribution in [2.75, 3.05) is 20.3 Å². The standard InChI is InChI=1S/C16H22ClN3O/c1-3-5-15-19-8-10-20(15)16-13(6-4-7-14(16)17)12-18-9-11-21-2/h4,6-8,10,18H,3,5,9,11-12H2,1-2H3. The lowest BCUT2D eigenvalue weighted by atomic mass is 10.1. The highest BCUT2D eigenvalue weighted by Gasteiger charge is 2.12. The summed E-state index contributed by atoms with van der Waals surface area (Å²) < 4.78 is 7.15. The zero-order valence-electron chi connectivity index (χ0n) is 12.6. The molecule has 0 saturated carbocycles. The Morgan fingerprint density at radius 1 is 1.38 bits per heavy atom. The third kappa shape index (κ3) is 4.06. The Balaban J connectivity index is 2.26. The summed E-state index contributed by atoms with van der Waals surface area (Å²) in [6.45, 7) is 4.41. The first kappa shape index (κ1) is 16.0. The van der Waals surface area contributed by atoms with Crippen LogP contribution in [0.4, 0.5) is 0 Å². The van der Waals surface area contributed by atoms with E-state index in [2.05, 4.69) is 27.9 Å². The fourth-order valence-electron chi connectivity index (χ4n) is 2.32. The molecule has 1 aromatic carbocycles. The molecule has 0 atom stereocenters. The summed E-state index contributed by atoms with van der Waals surface area (Å²) in [5.41, 5.74) is 2.18. The number of imidazole rings is 1. The van der Waals surface area contributed by atoms with Crippen LogP contribution in [-0.2, 0) is 17.7 Å². The molecule has 0 aliphatic rings. The Kier molecular flexibility index (Phi) is 6.23. The van der Waals surface area contributed by atoms with Crippen LogP contribution >= 0.6 is 11.6 Å². The maximum atomic E-state index is 6.43. The summed E-state index contributed by atoms with van der Waals surface area (Å²) in [5.74, 6) is 1.05. The van der Waals surface area contributed by atoms with E-state index in [4.69, 9.17) is 16.3 Å². The van der Waals surface area contributed by atoms with Crippen LogP contribution in [0, 0.1) is 0 Å². The monoisotopic (exact) mass is 307 g/mol. The number of aromatic nitrogens is 2. The maximum absolute atomic E-state index is 6.43. The Labute approximate surface area is 131 Å². The maximum Gasteiger partial charge on any atom is 0.113 e. The average Bonchev–Trinajstić information content (AvgIpc) is 2.92. The van der Waals surface area contributed by atoms with Gasteiger partial charge in [0, 0.05) is 39.0 Å². The molecule has 0 spiro atoms. The highest BCUT2D eigenvalue weighted by Crippen LogP contribution is 2.26. The zero-order chi connectivity index (χ0) is 15.1. The van der Waals surface area contributed by atoms with Crippen LogP contribution in [0.1, 0.15) is 24.7 Å². The van der Waals surface area contributed by atoms with Gasteiger partial charge in [-0.3, -0.25) is 0 Å². The molecule has 0 unspecified atom stereocenters. The van der Waals surface area contributed by atoms with Gasteiger partial charge in [0.2, 0.25) is 0 Å². The van der Waals surface area contributed by atoms with E-state index >= 15 is 0 Å². The lowest BCUT2D eigenvalue weighted by Crippen LogP contribution is -2.20. The van der Waals surface area contributed by atoms with Crippen molar-refractivity contribution >= 4 is 11.6 Å². The van der Waals surface area contributed by atoms with Gasteiger partial charge in [0.15, 0.2) is 0 Å². The molecule has 0 saturated heterocycles. The lowest BCUT2D eigenvalue weighted by Gasteiger charge is -2.15. The molecule has 2 aromatic rings. The summed E-state index contributed by atoms with van der Waals surface area (Å²) in [7, 11) is 1.70. The topological polar surface area (TPSA) is 39.1 Å². The van der Waals surface area contributed by atoms with Crippen LogP contribution in [0.5, 0.6) is 0 Å². The fraction of sp³-hybridized carbons (Fsp3) is 0.438. The number of hydrogen-bond donors (Lipinski definition) is 1. The second kappa shape index (κ2) is 8.17. The third-order valence-corrected chi connectivity index (χ3v) is 3.61. The number of rotatable bonds is 8. The number of ether oxygens (including phenoxy) is 1. The second-order valence-corrected chi connectivity index (χ2v) is 5.29. The van der Waals surface area contributed by atoms with Crippen molar-refractivity contribution in [2.45, 2.75) is 26.3 Å². The smallest absolute Gasteiger partial charge is 0.113 e. The predicted molar refractivity (Wildman–Crippen MR) is 86.2 cm³/mol. The number of hydrogen-bond acceptors (Lipinski definition) is 3. The number of benzene rings is 1. The summed E-state index contributed by atoms with van der Waals surface area (Å²) in [5, 5.41) is 4.11. The van der Waals surface area contributed by atoms with Crippen LogP contribution < -0.4 is 5.32 Å². The molecule has 0 radical (unpaired) electrons. The van der Waals surface area contributed by atoms with E-state index in [1.165, 1.54) is 0 Å². The highest BCUT2D eigenvalue weighted by molar-refractivity contribution is 6.32. The van der Waals surface area contributed by atoms with E-state index in [0.29, 0.717) is 6.61 Å². The molecule has 1 N–H and O–H groups in total. The molecule has 0 amide bonds. The Morgan fingerprint density at radius 3 is 3.00 bits per heavy atom. The normalized spacial score (nSPS) is 11.0. The first-order valence-electron chi connectivity index (χ1n) is 7.27. The van der Waals surface area contributed by atoms with Crippen molar-refractivity contribution in [3.63, 3.8) is 0 Å². The Bertz CT molecular complexity index is 568. The van der Waals surface area contributed by atoms with Crippen LogP contribution in [0.25, 0.3) is 5.69 Å². The fourth-order valence-corrected chi connectivity index (χ4v) is 2.60. The predicted octanol–water partition coefficient (Wildman–Crippen LogP) is 3.21. The molecule has 1 heterocycles. The van der Waals surface area contributed by atoms with Gasteiger partial charge in [0.25, 0.3) is 0 Å². The van der Waals surface area contributed by atoms with Crippen molar-refractivity contribution in [3.05, 3.63) is 47.0 Å². The summed E-state index contributed by atoms with van der Waals surface area (Å²) in [4.78, 5) is 4.44. The number of nitrogens with zero attached hydrogens (tertiary/aromatic N) is 2. The molecule has 0 aliphatic carbocycles. The number of methoxy groups -OCH3 is 1. The zero-order valence-corrected chi connectivity index (χ0v) is 13.4. The first-order valence-corrected chi connectivity index (χ1v) is 7.65.